The maximum absolute atomic E-state index is 10.7. The van der Waals surface area contributed by atoms with Crippen LogP contribution in [0, 0.1) is 12.3 Å². The monoisotopic (exact) mass is 137 g/mol. The quantitative estimate of drug-likeness (QED) is 0.323. The Kier molecular flexibility index (Phi) is 4.06. The molecule has 0 unspecified atom stereocenters. The second-order valence-electron chi connectivity index (χ2n) is 1.69. The number of carbonyl (C=O) groups excluding carboxylic acids is 1. The molecule has 2 nitrogen and oxygen atoms in total. The van der Waals surface area contributed by atoms with Crippen LogP contribution in [-0.4, -0.2) is 12.6 Å². The van der Waals surface area contributed by atoms with Crippen molar-refractivity contribution in [3.8, 4) is 5.92 Å². The third kappa shape index (κ3) is 2.93. The summed E-state index contributed by atoms with van der Waals surface area (Å²) in [6.07, 6.45) is 7.80. The van der Waals surface area contributed by atoms with Crippen LogP contribution in [0.25, 0.3) is 0 Å². The number of carbonyl (C=O) groups is 1. The van der Waals surface area contributed by atoms with Gasteiger partial charge >= 0.3 is 5.97 Å². The fourth-order valence-electron chi connectivity index (χ4n) is 0.412. The van der Waals surface area contributed by atoms with Crippen LogP contribution in [0.1, 0.15) is 13.8 Å². The van der Waals surface area contributed by atoms with Gasteiger partial charge in [0.2, 0.25) is 0 Å². The average molecular weight is 137 g/mol. The molecule has 0 spiro atoms. The number of esters is 1. The molecule has 0 aliphatic heterocycles. The lowest BCUT2D eigenvalue weighted by Crippen LogP contribution is -2.04. The second kappa shape index (κ2) is 4.63. The van der Waals surface area contributed by atoms with E-state index in [0.717, 1.165) is 0 Å². The fraction of sp³-hybridized carbons (Fsp3) is 0.375. The van der Waals surface area contributed by atoms with Gasteiger partial charge in [0.25, 0.3) is 0 Å². The van der Waals surface area contributed by atoms with E-state index in [4.69, 9.17) is 6.42 Å². The van der Waals surface area contributed by atoms with Crippen LogP contribution in [-0.2, 0) is 9.53 Å². The number of rotatable bonds is 2. The van der Waals surface area contributed by atoms with Crippen molar-refractivity contribution in [2.24, 2.45) is 0 Å². The minimum atomic E-state index is -0.387. The highest BCUT2D eigenvalue weighted by Gasteiger charge is 2.01. The van der Waals surface area contributed by atoms with Gasteiger partial charge in [-0.2, -0.15) is 0 Å². The van der Waals surface area contributed by atoms with Gasteiger partial charge in [0, 0.05) is 5.57 Å². The van der Waals surface area contributed by atoms with Crippen molar-refractivity contribution >= 4 is 5.97 Å². The van der Waals surface area contributed by atoms with Gasteiger partial charge in [0.15, 0.2) is 0 Å². The molecule has 0 heterocycles. The van der Waals surface area contributed by atoms with Gasteiger partial charge in [0.1, 0.15) is 0 Å². The molecule has 0 aliphatic rings. The first-order chi connectivity index (χ1) is 4.72. The zero-order valence-corrected chi connectivity index (χ0v) is 6.10. The Hall–Kier alpha value is -1.23. The highest BCUT2D eigenvalue weighted by molar-refractivity contribution is 5.88. The molecule has 0 aromatic heterocycles. The van der Waals surface area contributed by atoms with Crippen molar-refractivity contribution in [3.63, 3.8) is 0 Å². The zero-order chi connectivity index (χ0) is 7.98. The summed E-state index contributed by atoms with van der Waals surface area (Å²) in [5, 5.41) is 0. The summed E-state index contributed by atoms with van der Waals surface area (Å²) in [4.78, 5) is 10.7. The lowest BCUT2D eigenvalue weighted by atomic mass is 10.3. The maximum Gasteiger partial charge on any atom is 0.334 e. The van der Waals surface area contributed by atoms with E-state index < -0.39 is 0 Å². The van der Waals surface area contributed by atoms with Crippen LogP contribution in [0.5, 0.6) is 0 Å². The molecule has 2 heteroatoms. The molecule has 0 aromatic carbocycles. The smallest absolute Gasteiger partial charge is 0.334 e. The molecule has 0 saturated heterocycles. The molecular formula is C8H9O2. The van der Waals surface area contributed by atoms with E-state index in [-0.39, 0.29) is 5.97 Å². The largest absolute Gasteiger partial charge is 0.463 e. The van der Waals surface area contributed by atoms with E-state index in [1.165, 1.54) is 6.08 Å². The topological polar surface area (TPSA) is 26.3 Å². The van der Waals surface area contributed by atoms with Crippen molar-refractivity contribution in [1.82, 2.24) is 0 Å². The molecule has 0 aromatic rings. The molecule has 0 N–H and O–H groups in total. The summed E-state index contributed by atoms with van der Waals surface area (Å²) in [5.74, 6) is 1.61. The fourth-order valence-corrected chi connectivity index (χ4v) is 0.412. The molecule has 0 atom stereocenters. The van der Waals surface area contributed by atoms with E-state index in [1.54, 1.807) is 13.8 Å². The first-order valence-electron chi connectivity index (χ1n) is 2.98. The molecule has 0 rings (SSSR count). The molecular weight excluding hydrogens is 128 g/mol. The van der Waals surface area contributed by atoms with Gasteiger partial charge in [-0.05, 0) is 26.3 Å². The van der Waals surface area contributed by atoms with Crippen LogP contribution in [0.15, 0.2) is 11.6 Å². The minimum Gasteiger partial charge on any atom is -0.463 e. The number of hydrogen-bond acceptors (Lipinski definition) is 2. The van der Waals surface area contributed by atoms with E-state index in [9.17, 15) is 4.79 Å². The Morgan fingerprint density at radius 1 is 1.80 bits per heavy atom. The van der Waals surface area contributed by atoms with E-state index in [0.29, 0.717) is 12.2 Å². The first kappa shape index (κ1) is 8.77. The highest BCUT2D eigenvalue weighted by atomic mass is 16.5. The Bertz CT molecular complexity index is 184. The first-order valence-corrected chi connectivity index (χ1v) is 2.98. The predicted molar refractivity (Wildman–Crippen MR) is 37.5 cm³/mol. The molecule has 53 valence electrons. The van der Waals surface area contributed by atoms with Gasteiger partial charge in [-0.25, -0.2) is 4.79 Å². The summed E-state index contributed by atoms with van der Waals surface area (Å²) < 4.78 is 4.63. The molecule has 0 aliphatic carbocycles. The van der Waals surface area contributed by atoms with Crippen molar-refractivity contribution in [3.05, 3.63) is 18.1 Å². The van der Waals surface area contributed by atoms with Gasteiger partial charge in [-0.15, -0.1) is 0 Å². The van der Waals surface area contributed by atoms with Gasteiger partial charge < -0.3 is 4.74 Å². The Labute approximate surface area is 60.9 Å². The molecule has 10 heavy (non-hydrogen) atoms. The summed E-state index contributed by atoms with van der Waals surface area (Å²) >= 11 is 0. The normalized spacial score (nSPS) is 10.3. The molecule has 0 amide bonds. The van der Waals surface area contributed by atoms with Gasteiger partial charge in [-0.1, -0.05) is 5.92 Å². The van der Waals surface area contributed by atoms with Crippen LogP contribution in [0.2, 0.25) is 0 Å². The molecule has 1 radical (unpaired) electrons. The summed E-state index contributed by atoms with van der Waals surface area (Å²) in [6.45, 7) is 3.68. The Balaban J connectivity index is 3.98. The molecule has 0 bridgehead atoms. The van der Waals surface area contributed by atoms with Crippen LogP contribution in [0.3, 0.4) is 0 Å². The number of allylic oxidation sites excluding steroid dienone is 1. The van der Waals surface area contributed by atoms with E-state index in [2.05, 4.69) is 4.74 Å². The SMILES string of the molecule is [C]#C/C=C(\C)C(=O)OCC. The van der Waals surface area contributed by atoms with Crippen molar-refractivity contribution in [2.75, 3.05) is 6.61 Å². The Morgan fingerprint density at radius 3 is 2.80 bits per heavy atom. The second-order valence-corrected chi connectivity index (χ2v) is 1.69. The van der Waals surface area contributed by atoms with E-state index >= 15 is 0 Å². The van der Waals surface area contributed by atoms with Crippen LogP contribution < -0.4 is 0 Å². The van der Waals surface area contributed by atoms with Crippen LogP contribution in [0.4, 0.5) is 0 Å². The number of hydrogen-bond donors (Lipinski definition) is 0. The Morgan fingerprint density at radius 2 is 2.40 bits per heavy atom. The van der Waals surface area contributed by atoms with Crippen molar-refractivity contribution in [1.29, 1.82) is 0 Å². The lowest BCUT2D eigenvalue weighted by molar-refractivity contribution is -0.138. The molecule has 0 saturated carbocycles. The van der Waals surface area contributed by atoms with Gasteiger partial charge in [-0.3, -0.25) is 0 Å². The lowest BCUT2D eigenvalue weighted by Gasteiger charge is -1.98. The maximum atomic E-state index is 10.7. The zero-order valence-electron chi connectivity index (χ0n) is 6.10. The van der Waals surface area contributed by atoms with Crippen molar-refractivity contribution in [2.45, 2.75) is 13.8 Å². The van der Waals surface area contributed by atoms with Gasteiger partial charge in [0.05, 0.1) is 6.61 Å². The minimum absolute atomic E-state index is 0.363. The predicted octanol–water partition coefficient (Wildman–Crippen LogP) is 1.09. The summed E-state index contributed by atoms with van der Waals surface area (Å²) in [7, 11) is 0. The van der Waals surface area contributed by atoms with Crippen molar-refractivity contribution < 1.29 is 9.53 Å². The van der Waals surface area contributed by atoms with E-state index in [1.807, 2.05) is 5.92 Å². The summed E-state index contributed by atoms with van der Waals surface area (Å²) in [6, 6.07) is 0. The highest BCUT2D eigenvalue weighted by Crippen LogP contribution is 1.94. The van der Waals surface area contributed by atoms with Crippen LogP contribution >= 0.6 is 0 Å². The summed E-state index contributed by atoms with van der Waals surface area (Å²) in [5.41, 5.74) is 0.400. The standard InChI is InChI=1S/C8H9O2/c1-4-6-7(3)8(9)10-5-2/h6H,5H2,2-3H3/b7-6+. The number of ether oxygens (including phenoxy) is 1. The third-order valence-corrected chi connectivity index (χ3v) is 0.886. The third-order valence-electron chi connectivity index (χ3n) is 0.886. The average Bonchev–Trinajstić information content (AvgIpc) is 1.89. The molecule has 0 fully saturated rings.